The number of anilines is 2. The Kier molecular flexibility index (Phi) is 5.34. The average molecular weight is 476 g/mol. The maximum Gasteiger partial charge on any atom is 0.317 e. The Hall–Kier alpha value is -5.05. The standard InChI is InChI=1S/C27H20N6O3/c1-35-17-11-12-21-20(15-17)18(13-14-28-21)26-32-33-27(36-26)31-24-25(34)29-22-10-6-5-9-19(22)23(30-24)16-7-3-2-4-8-16/h2-15,24H,1H3,(H,29,34)(H,31,33). The first-order valence-electron chi connectivity index (χ1n) is 11.3. The van der Waals surface area contributed by atoms with E-state index in [2.05, 4.69) is 25.8 Å². The fraction of sp³-hybridized carbons (Fsp3) is 0.0741. The third-order valence-corrected chi connectivity index (χ3v) is 5.86. The topological polar surface area (TPSA) is 115 Å². The number of para-hydroxylation sites is 1. The van der Waals surface area contributed by atoms with Crippen molar-refractivity contribution in [2.75, 3.05) is 17.7 Å². The molecule has 1 atom stereocenters. The number of nitrogens with one attached hydrogen (secondary N) is 2. The summed E-state index contributed by atoms with van der Waals surface area (Å²) in [6.45, 7) is 0. The molecule has 3 heterocycles. The number of rotatable bonds is 5. The Bertz CT molecular complexity index is 1610. The van der Waals surface area contributed by atoms with E-state index in [0.717, 1.165) is 22.0 Å². The van der Waals surface area contributed by atoms with Gasteiger partial charge in [-0.2, -0.15) is 0 Å². The Morgan fingerprint density at radius 2 is 1.78 bits per heavy atom. The molecule has 0 radical (unpaired) electrons. The van der Waals surface area contributed by atoms with Gasteiger partial charge in [0.25, 0.3) is 5.91 Å². The Morgan fingerprint density at radius 3 is 2.64 bits per heavy atom. The van der Waals surface area contributed by atoms with E-state index in [9.17, 15) is 4.79 Å². The molecule has 9 heteroatoms. The lowest BCUT2D eigenvalue weighted by atomic mass is 10.0. The fourth-order valence-corrected chi connectivity index (χ4v) is 4.13. The highest BCUT2D eigenvalue weighted by atomic mass is 16.5. The third kappa shape index (κ3) is 3.92. The van der Waals surface area contributed by atoms with E-state index in [0.29, 0.717) is 22.7 Å². The quantitative estimate of drug-likeness (QED) is 0.383. The number of carbonyl (C=O) groups excluding carboxylic acids is 1. The lowest BCUT2D eigenvalue weighted by Crippen LogP contribution is -2.32. The highest BCUT2D eigenvalue weighted by molar-refractivity contribution is 6.19. The monoisotopic (exact) mass is 476 g/mol. The van der Waals surface area contributed by atoms with E-state index >= 15 is 0 Å². The van der Waals surface area contributed by atoms with Gasteiger partial charge in [0.15, 0.2) is 0 Å². The van der Waals surface area contributed by atoms with Crippen molar-refractivity contribution >= 4 is 34.2 Å². The summed E-state index contributed by atoms with van der Waals surface area (Å²) < 4.78 is 11.3. The smallest absolute Gasteiger partial charge is 0.317 e. The number of amides is 1. The molecular weight excluding hydrogens is 456 g/mol. The average Bonchev–Trinajstić information content (AvgIpc) is 3.34. The number of fused-ring (bicyclic) bond motifs is 2. The molecule has 0 bridgehead atoms. The number of methoxy groups -OCH3 is 1. The highest BCUT2D eigenvalue weighted by Gasteiger charge is 2.27. The molecule has 0 spiro atoms. The predicted octanol–water partition coefficient (Wildman–Crippen LogP) is 4.52. The van der Waals surface area contributed by atoms with Crippen LogP contribution in [0.3, 0.4) is 0 Å². The predicted molar refractivity (Wildman–Crippen MR) is 136 cm³/mol. The molecule has 0 fully saturated rings. The van der Waals surface area contributed by atoms with Gasteiger partial charge in [-0.15, -0.1) is 5.10 Å². The molecule has 0 saturated carbocycles. The summed E-state index contributed by atoms with van der Waals surface area (Å²) in [7, 11) is 1.60. The lowest BCUT2D eigenvalue weighted by molar-refractivity contribution is -0.116. The van der Waals surface area contributed by atoms with Gasteiger partial charge in [0.05, 0.1) is 24.0 Å². The molecule has 6 rings (SSSR count). The molecule has 176 valence electrons. The van der Waals surface area contributed by atoms with Crippen LogP contribution < -0.4 is 15.4 Å². The van der Waals surface area contributed by atoms with E-state index < -0.39 is 6.17 Å². The Labute approximate surface area is 205 Å². The van der Waals surface area contributed by atoms with Gasteiger partial charge >= 0.3 is 6.01 Å². The molecule has 9 nitrogen and oxygen atoms in total. The minimum atomic E-state index is -0.991. The van der Waals surface area contributed by atoms with E-state index in [1.807, 2.05) is 72.8 Å². The minimum Gasteiger partial charge on any atom is -0.497 e. The number of ether oxygens (including phenoxy) is 1. The van der Waals surface area contributed by atoms with Gasteiger partial charge in [-0.05, 0) is 30.3 Å². The number of benzodiazepines with no additional fused rings is 1. The van der Waals surface area contributed by atoms with E-state index in [-0.39, 0.29) is 17.8 Å². The van der Waals surface area contributed by atoms with Crippen LogP contribution in [0.15, 0.2) is 94.5 Å². The SMILES string of the molecule is COc1ccc2nccc(-c3nnc(NC4N=C(c5ccccc5)c5ccccc5NC4=O)o3)c2c1. The van der Waals surface area contributed by atoms with Crippen LogP contribution in [-0.4, -0.2) is 40.1 Å². The first kappa shape index (κ1) is 21.5. The summed E-state index contributed by atoms with van der Waals surface area (Å²) in [4.78, 5) is 22.2. The van der Waals surface area contributed by atoms with Crippen LogP contribution in [-0.2, 0) is 4.79 Å². The van der Waals surface area contributed by atoms with E-state index in [4.69, 9.17) is 14.1 Å². The molecule has 2 N–H and O–H groups in total. The number of carbonyl (C=O) groups is 1. The van der Waals surface area contributed by atoms with Gasteiger partial charge in [0, 0.05) is 28.3 Å². The molecule has 5 aromatic rings. The summed E-state index contributed by atoms with van der Waals surface area (Å²) in [6, 6.07) is 24.7. The molecule has 0 aliphatic carbocycles. The van der Waals surface area contributed by atoms with Crippen molar-refractivity contribution in [2.45, 2.75) is 6.17 Å². The number of benzene rings is 3. The largest absolute Gasteiger partial charge is 0.497 e. The first-order valence-corrected chi connectivity index (χ1v) is 11.3. The summed E-state index contributed by atoms with van der Waals surface area (Å²) in [6.07, 6.45) is 0.684. The van der Waals surface area contributed by atoms with E-state index in [1.165, 1.54) is 0 Å². The third-order valence-electron chi connectivity index (χ3n) is 5.86. The van der Waals surface area contributed by atoms with Crippen LogP contribution in [0, 0.1) is 0 Å². The molecule has 1 amide bonds. The van der Waals surface area contributed by atoms with Crippen molar-refractivity contribution < 1.29 is 13.9 Å². The van der Waals surface area contributed by atoms with Gasteiger partial charge in [-0.1, -0.05) is 53.6 Å². The second kappa shape index (κ2) is 8.95. The molecule has 0 saturated heterocycles. The summed E-state index contributed by atoms with van der Waals surface area (Å²) in [5.41, 5.74) is 4.53. The van der Waals surface area contributed by atoms with Gasteiger partial charge < -0.3 is 19.8 Å². The van der Waals surface area contributed by atoms with E-state index in [1.54, 1.807) is 19.4 Å². The molecule has 1 aliphatic rings. The zero-order valence-electron chi connectivity index (χ0n) is 19.2. The molecular formula is C27H20N6O3. The highest BCUT2D eigenvalue weighted by Crippen LogP contribution is 2.30. The summed E-state index contributed by atoms with van der Waals surface area (Å²) >= 11 is 0. The second-order valence-electron chi connectivity index (χ2n) is 8.08. The van der Waals surface area contributed by atoms with Crippen LogP contribution in [0.4, 0.5) is 11.7 Å². The maximum absolute atomic E-state index is 13.1. The van der Waals surface area contributed by atoms with Crippen LogP contribution >= 0.6 is 0 Å². The normalized spacial score (nSPS) is 15.0. The molecule has 3 aromatic carbocycles. The number of aliphatic imine (C=N–C) groups is 1. The van der Waals surface area contributed by atoms with Crippen LogP contribution in [0.5, 0.6) is 5.75 Å². The number of nitrogens with zero attached hydrogens (tertiary/aromatic N) is 4. The molecule has 1 aliphatic heterocycles. The van der Waals surface area contributed by atoms with Gasteiger partial charge in [0.1, 0.15) is 5.75 Å². The van der Waals surface area contributed by atoms with Crippen LogP contribution in [0.1, 0.15) is 11.1 Å². The van der Waals surface area contributed by atoms with Gasteiger partial charge in [-0.3, -0.25) is 9.78 Å². The lowest BCUT2D eigenvalue weighted by Gasteiger charge is -2.11. The maximum atomic E-state index is 13.1. The fourth-order valence-electron chi connectivity index (χ4n) is 4.13. The van der Waals surface area contributed by atoms with Crippen molar-refractivity contribution in [3.63, 3.8) is 0 Å². The van der Waals surface area contributed by atoms with Crippen LogP contribution in [0.2, 0.25) is 0 Å². The Balaban J connectivity index is 1.36. The minimum absolute atomic E-state index is 0.0696. The number of hydrogen-bond donors (Lipinski definition) is 2. The summed E-state index contributed by atoms with van der Waals surface area (Å²) in [5.74, 6) is 0.627. The van der Waals surface area contributed by atoms with Gasteiger partial charge in [0.2, 0.25) is 12.1 Å². The van der Waals surface area contributed by atoms with Gasteiger partial charge in [-0.25, -0.2) is 4.99 Å². The Morgan fingerprint density at radius 1 is 0.944 bits per heavy atom. The van der Waals surface area contributed by atoms with Crippen molar-refractivity contribution in [2.24, 2.45) is 4.99 Å². The van der Waals surface area contributed by atoms with Crippen LogP contribution in [0.25, 0.3) is 22.4 Å². The van der Waals surface area contributed by atoms with Crippen molar-refractivity contribution in [1.82, 2.24) is 15.2 Å². The van der Waals surface area contributed by atoms with Crippen molar-refractivity contribution in [1.29, 1.82) is 0 Å². The molecule has 1 unspecified atom stereocenters. The summed E-state index contributed by atoms with van der Waals surface area (Å²) in [5, 5.41) is 15.0. The first-order chi connectivity index (χ1) is 17.7. The number of aromatic nitrogens is 3. The number of pyridine rings is 1. The second-order valence-corrected chi connectivity index (χ2v) is 8.08. The van der Waals surface area contributed by atoms with Crippen molar-refractivity contribution in [3.05, 3.63) is 96.2 Å². The molecule has 36 heavy (non-hydrogen) atoms. The number of hydrogen-bond acceptors (Lipinski definition) is 8. The van der Waals surface area contributed by atoms with Crippen molar-refractivity contribution in [3.8, 4) is 17.2 Å². The zero-order chi connectivity index (χ0) is 24.5. The zero-order valence-corrected chi connectivity index (χ0v) is 19.2. The molecule has 2 aromatic heterocycles.